The lowest BCUT2D eigenvalue weighted by atomic mass is 9.94. The minimum absolute atomic E-state index is 0.371. The Kier molecular flexibility index (Phi) is 6.02. The van der Waals surface area contributed by atoms with E-state index in [1.165, 1.54) is 50.3 Å². The number of aliphatic imine (C=N–C) groups is 1. The van der Waals surface area contributed by atoms with Gasteiger partial charge in [0.15, 0.2) is 5.96 Å². The smallest absolute Gasteiger partial charge is 0.191 e. The van der Waals surface area contributed by atoms with Crippen molar-refractivity contribution in [3.63, 3.8) is 0 Å². The van der Waals surface area contributed by atoms with Crippen molar-refractivity contribution in [2.45, 2.75) is 51.1 Å². The highest BCUT2D eigenvalue weighted by atomic mass is 32.2. The van der Waals surface area contributed by atoms with Crippen LogP contribution in [0.1, 0.15) is 39.5 Å². The van der Waals surface area contributed by atoms with Crippen molar-refractivity contribution in [2.75, 3.05) is 38.2 Å². The van der Waals surface area contributed by atoms with Gasteiger partial charge in [-0.25, -0.2) is 0 Å². The molecule has 5 heteroatoms. The lowest BCUT2D eigenvalue weighted by Crippen LogP contribution is -2.58. The van der Waals surface area contributed by atoms with Gasteiger partial charge in [-0.3, -0.25) is 9.89 Å². The van der Waals surface area contributed by atoms with E-state index in [0.717, 1.165) is 12.5 Å². The van der Waals surface area contributed by atoms with Crippen LogP contribution in [0.2, 0.25) is 0 Å². The van der Waals surface area contributed by atoms with E-state index in [9.17, 15) is 0 Å². The van der Waals surface area contributed by atoms with Crippen molar-refractivity contribution in [1.29, 1.82) is 0 Å². The second-order valence-electron chi connectivity index (χ2n) is 6.26. The van der Waals surface area contributed by atoms with Crippen LogP contribution in [-0.4, -0.2) is 60.6 Å². The predicted molar refractivity (Wildman–Crippen MR) is 89.7 cm³/mol. The van der Waals surface area contributed by atoms with Crippen molar-refractivity contribution < 1.29 is 0 Å². The Morgan fingerprint density at radius 3 is 2.45 bits per heavy atom. The van der Waals surface area contributed by atoms with Crippen molar-refractivity contribution >= 4 is 17.7 Å². The van der Waals surface area contributed by atoms with Gasteiger partial charge in [0, 0.05) is 49.8 Å². The van der Waals surface area contributed by atoms with E-state index in [0.29, 0.717) is 11.6 Å². The van der Waals surface area contributed by atoms with E-state index >= 15 is 0 Å². The van der Waals surface area contributed by atoms with E-state index in [1.54, 1.807) is 0 Å². The molecule has 20 heavy (non-hydrogen) atoms. The molecule has 2 N–H and O–H groups in total. The molecular weight excluding hydrogens is 268 g/mol. The summed E-state index contributed by atoms with van der Waals surface area (Å²) in [7, 11) is 1.86. The summed E-state index contributed by atoms with van der Waals surface area (Å²) in [6.45, 7) is 7.84. The third kappa shape index (κ3) is 4.04. The van der Waals surface area contributed by atoms with Gasteiger partial charge < -0.3 is 10.6 Å². The van der Waals surface area contributed by atoms with Crippen LogP contribution in [0.25, 0.3) is 0 Å². The Labute approximate surface area is 128 Å². The Balaban J connectivity index is 1.94. The van der Waals surface area contributed by atoms with Crippen LogP contribution in [0, 0.1) is 0 Å². The van der Waals surface area contributed by atoms with E-state index < -0.39 is 0 Å². The molecule has 1 aliphatic heterocycles. The summed E-state index contributed by atoms with van der Waals surface area (Å²) in [5.74, 6) is 3.53. The van der Waals surface area contributed by atoms with Crippen LogP contribution in [0.5, 0.6) is 0 Å². The molecule has 1 aliphatic carbocycles. The van der Waals surface area contributed by atoms with Gasteiger partial charge in [0.25, 0.3) is 0 Å². The standard InChI is InChI=1S/C15H30N4S/c1-13(2)18-14(16-3)17-12-15(6-4-5-7-15)19-8-10-20-11-9-19/h13H,4-12H2,1-3H3,(H2,16,17,18). The molecule has 0 atom stereocenters. The van der Waals surface area contributed by atoms with E-state index in [-0.39, 0.29) is 0 Å². The third-order valence-electron chi connectivity index (χ3n) is 4.45. The summed E-state index contributed by atoms with van der Waals surface area (Å²) in [4.78, 5) is 7.08. The Hall–Kier alpha value is -0.420. The molecule has 1 saturated heterocycles. The number of hydrogen-bond acceptors (Lipinski definition) is 3. The Morgan fingerprint density at radius 1 is 1.25 bits per heavy atom. The minimum Gasteiger partial charge on any atom is -0.355 e. The monoisotopic (exact) mass is 298 g/mol. The minimum atomic E-state index is 0.371. The average molecular weight is 298 g/mol. The molecule has 0 aromatic heterocycles. The van der Waals surface area contributed by atoms with E-state index in [2.05, 4.69) is 46.1 Å². The number of guanidine groups is 1. The molecule has 0 spiro atoms. The lowest BCUT2D eigenvalue weighted by Gasteiger charge is -2.43. The van der Waals surface area contributed by atoms with Gasteiger partial charge in [0.1, 0.15) is 0 Å². The number of hydrogen-bond donors (Lipinski definition) is 2. The molecule has 0 aromatic carbocycles. The van der Waals surface area contributed by atoms with Crippen molar-refractivity contribution in [2.24, 2.45) is 4.99 Å². The van der Waals surface area contributed by atoms with Gasteiger partial charge in [0.2, 0.25) is 0 Å². The first-order valence-corrected chi connectivity index (χ1v) is 9.12. The first kappa shape index (κ1) is 16.0. The second-order valence-corrected chi connectivity index (χ2v) is 7.48. The molecule has 0 amide bonds. The lowest BCUT2D eigenvalue weighted by molar-refractivity contribution is 0.107. The fourth-order valence-electron chi connectivity index (χ4n) is 3.39. The molecule has 0 aromatic rings. The van der Waals surface area contributed by atoms with Gasteiger partial charge >= 0.3 is 0 Å². The molecule has 4 nitrogen and oxygen atoms in total. The molecule has 2 aliphatic rings. The van der Waals surface area contributed by atoms with Crippen LogP contribution < -0.4 is 10.6 Å². The van der Waals surface area contributed by atoms with Crippen LogP contribution in [0.15, 0.2) is 4.99 Å². The molecule has 116 valence electrons. The summed E-state index contributed by atoms with van der Waals surface area (Å²) in [5, 5.41) is 6.96. The molecule has 0 radical (unpaired) electrons. The zero-order valence-corrected chi connectivity index (χ0v) is 14.1. The quantitative estimate of drug-likeness (QED) is 0.614. The fourth-order valence-corrected chi connectivity index (χ4v) is 4.30. The fraction of sp³-hybridized carbons (Fsp3) is 0.933. The zero-order valence-electron chi connectivity index (χ0n) is 13.2. The average Bonchev–Trinajstić information content (AvgIpc) is 2.94. The molecule has 2 fully saturated rings. The number of nitrogens with zero attached hydrogens (tertiary/aromatic N) is 2. The molecule has 1 heterocycles. The van der Waals surface area contributed by atoms with Crippen molar-refractivity contribution in [3.8, 4) is 0 Å². The maximum atomic E-state index is 4.34. The van der Waals surface area contributed by atoms with Gasteiger partial charge in [-0.2, -0.15) is 11.8 Å². The Bertz CT molecular complexity index is 318. The van der Waals surface area contributed by atoms with Crippen LogP contribution >= 0.6 is 11.8 Å². The van der Waals surface area contributed by atoms with Gasteiger partial charge in [0.05, 0.1) is 0 Å². The molecular formula is C15H30N4S. The topological polar surface area (TPSA) is 39.7 Å². The highest BCUT2D eigenvalue weighted by Gasteiger charge is 2.39. The highest BCUT2D eigenvalue weighted by molar-refractivity contribution is 7.99. The first-order chi connectivity index (χ1) is 9.66. The van der Waals surface area contributed by atoms with Crippen molar-refractivity contribution in [3.05, 3.63) is 0 Å². The van der Waals surface area contributed by atoms with Crippen LogP contribution in [0.4, 0.5) is 0 Å². The van der Waals surface area contributed by atoms with Gasteiger partial charge in [-0.1, -0.05) is 12.8 Å². The number of rotatable bonds is 4. The summed E-state index contributed by atoms with van der Waals surface area (Å²) >= 11 is 2.10. The summed E-state index contributed by atoms with van der Waals surface area (Å²) in [6.07, 6.45) is 5.43. The largest absolute Gasteiger partial charge is 0.355 e. The SMILES string of the molecule is CN=C(NCC1(N2CCSCC2)CCCC1)NC(C)C. The zero-order chi connectivity index (χ0) is 14.4. The molecule has 2 rings (SSSR count). The second kappa shape index (κ2) is 7.55. The molecule has 0 unspecified atom stereocenters. The van der Waals surface area contributed by atoms with Gasteiger partial charge in [-0.05, 0) is 26.7 Å². The molecule has 1 saturated carbocycles. The third-order valence-corrected chi connectivity index (χ3v) is 5.39. The van der Waals surface area contributed by atoms with Crippen molar-refractivity contribution in [1.82, 2.24) is 15.5 Å². The number of thioether (sulfide) groups is 1. The summed E-state index contributed by atoms with van der Waals surface area (Å²) in [5.41, 5.74) is 0.371. The Morgan fingerprint density at radius 2 is 1.90 bits per heavy atom. The maximum absolute atomic E-state index is 4.34. The summed E-state index contributed by atoms with van der Waals surface area (Å²) in [6, 6.07) is 0.423. The number of nitrogens with one attached hydrogen (secondary N) is 2. The first-order valence-electron chi connectivity index (χ1n) is 7.96. The predicted octanol–water partition coefficient (Wildman–Crippen LogP) is 1.92. The van der Waals surface area contributed by atoms with Gasteiger partial charge in [-0.15, -0.1) is 0 Å². The highest BCUT2D eigenvalue weighted by Crippen LogP contribution is 2.36. The van der Waals surface area contributed by atoms with Crippen LogP contribution in [-0.2, 0) is 0 Å². The van der Waals surface area contributed by atoms with E-state index in [4.69, 9.17) is 0 Å². The normalized spacial score (nSPS) is 24.1. The van der Waals surface area contributed by atoms with Crippen LogP contribution in [0.3, 0.4) is 0 Å². The summed E-state index contributed by atoms with van der Waals surface area (Å²) < 4.78 is 0. The molecule has 0 bridgehead atoms. The maximum Gasteiger partial charge on any atom is 0.191 e. The van der Waals surface area contributed by atoms with E-state index in [1.807, 2.05) is 7.05 Å².